The number of anilines is 1. The minimum atomic E-state index is -0.964. The largest absolute Gasteiger partial charge is 0.497 e. The average Bonchev–Trinajstić information content (AvgIpc) is 3.90. The molecule has 2 heterocycles. The summed E-state index contributed by atoms with van der Waals surface area (Å²) in [6.07, 6.45) is 1.10. The molecule has 2 aromatic heterocycles. The molecule has 0 spiro atoms. The lowest BCUT2D eigenvalue weighted by molar-refractivity contribution is -0.0475. The van der Waals surface area contributed by atoms with Crippen molar-refractivity contribution < 1.29 is 24.1 Å². The Morgan fingerprint density at radius 1 is 0.645 bits per heavy atom. The number of fused-ring (bicyclic) bond motifs is 1. The fourth-order valence-electron chi connectivity index (χ4n) is 8.52. The van der Waals surface area contributed by atoms with Gasteiger partial charge in [-0.05, 0) is 51.9 Å². The van der Waals surface area contributed by atoms with E-state index in [2.05, 4.69) is 41.7 Å². The van der Waals surface area contributed by atoms with Gasteiger partial charge in [0.1, 0.15) is 17.9 Å². The van der Waals surface area contributed by atoms with Gasteiger partial charge in [-0.3, -0.25) is 0 Å². The van der Waals surface area contributed by atoms with Crippen molar-refractivity contribution in [2.75, 3.05) is 19.0 Å². The summed E-state index contributed by atoms with van der Waals surface area (Å²) >= 11 is 0. The summed E-state index contributed by atoms with van der Waals surface area (Å²) < 4.78 is 27.0. The smallest absolute Gasteiger partial charge is 0.247 e. The van der Waals surface area contributed by atoms with Crippen molar-refractivity contribution in [1.29, 1.82) is 0 Å². The minimum Gasteiger partial charge on any atom is -0.497 e. The van der Waals surface area contributed by atoms with Crippen LogP contribution in [0.2, 0.25) is 0 Å². The van der Waals surface area contributed by atoms with E-state index in [-0.39, 0.29) is 18.6 Å². The van der Waals surface area contributed by atoms with Gasteiger partial charge in [0.15, 0.2) is 11.2 Å². The molecule has 10 heteroatoms. The Labute approximate surface area is 361 Å². The topological polar surface area (TPSA) is 113 Å². The van der Waals surface area contributed by atoms with Crippen LogP contribution in [-0.4, -0.2) is 50.6 Å². The number of imidazole rings is 1. The second kappa shape index (κ2) is 18.8. The number of nitrogens with zero attached hydrogens (tertiary/aromatic N) is 4. The Hall–Kier alpha value is -6.85. The van der Waals surface area contributed by atoms with Crippen LogP contribution in [0.5, 0.6) is 11.6 Å². The zero-order valence-corrected chi connectivity index (χ0v) is 34.5. The van der Waals surface area contributed by atoms with E-state index in [1.54, 1.807) is 13.4 Å². The highest BCUT2D eigenvalue weighted by molar-refractivity contribution is 5.78. The predicted octanol–water partition coefficient (Wildman–Crippen LogP) is 9.54. The van der Waals surface area contributed by atoms with Gasteiger partial charge < -0.3 is 33.9 Å². The lowest BCUT2D eigenvalue weighted by atomic mass is 9.77. The molecule has 2 N–H and O–H groups in total. The molecular formula is C52H49N5O5. The summed E-state index contributed by atoms with van der Waals surface area (Å²) in [4.78, 5) is 15.2. The van der Waals surface area contributed by atoms with Crippen molar-refractivity contribution in [3.63, 3.8) is 0 Å². The van der Waals surface area contributed by atoms with Crippen LogP contribution >= 0.6 is 0 Å². The summed E-state index contributed by atoms with van der Waals surface area (Å²) in [7, 11) is 1.66. The number of ether oxygens (including phenoxy) is 4. The van der Waals surface area contributed by atoms with Gasteiger partial charge in [0.05, 0.1) is 51.5 Å². The number of aliphatic hydroxyl groups excluding tert-OH is 1. The maximum atomic E-state index is 12.3. The molecule has 1 aliphatic carbocycles. The van der Waals surface area contributed by atoms with Crippen LogP contribution in [0.1, 0.15) is 45.8 Å². The van der Waals surface area contributed by atoms with Crippen LogP contribution in [0.25, 0.3) is 11.2 Å². The van der Waals surface area contributed by atoms with Gasteiger partial charge in [0.2, 0.25) is 11.8 Å². The molecule has 4 atom stereocenters. The van der Waals surface area contributed by atoms with Gasteiger partial charge in [-0.2, -0.15) is 9.97 Å². The number of benzene rings is 6. The molecule has 0 saturated heterocycles. The van der Waals surface area contributed by atoms with E-state index >= 15 is 0 Å². The van der Waals surface area contributed by atoms with E-state index in [1.807, 2.05) is 144 Å². The van der Waals surface area contributed by atoms with E-state index in [9.17, 15) is 5.11 Å². The van der Waals surface area contributed by atoms with Crippen LogP contribution in [0.4, 0.5) is 5.95 Å². The maximum Gasteiger partial charge on any atom is 0.247 e. The Balaban J connectivity index is 1.13. The Morgan fingerprint density at radius 3 is 1.76 bits per heavy atom. The number of rotatable bonds is 17. The minimum absolute atomic E-state index is 0.266. The molecule has 0 radical (unpaired) electrons. The fraction of sp³-hybridized carbons (Fsp3) is 0.212. The quantitative estimate of drug-likeness (QED) is 0.0868. The zero-order valence-electron chi connectivity index (χ0n) is 34.5. The lowest BCUT2D eigenvalue weighted by Crippen LogP contribution is -2.38. The summed E-state index contributed by atoms with van der Waals surface area (Å²) in [5.74, 6) is 1.05. The van der Waals surface area contributed by atoms with Crippen molar-refractivity contribution in [2.24, 2.45) is 5.92 Å². The van der Waals surface area contributed by atoms with E-state index in [0.29, 0.717) is 49.2 Å². The highest BCUT2D eigenvalue weighted by Crippen LogP contribution is 2.43. The monoisotopic (exact) mass is 823 g/mol. The number of aliphatic hydroxyl groups is 1. The van der Waals surface area contributed by atoms with Gasteiger partial charge in [0.25, 0.3) is 0 Å². The van der Waals surface area contributed by atoms with Gasteiger partial charge in [-0.25, -0.2) is 4.98 Å². The van der Waals surface area contributed by atoms with Crippen LogP contribution in [-0.2, 0) is 34.8 Å². The lowest BCUT2D eigenvalue weighted by Gasteiger charge is -2.37. The summed E-state index contributed by atoms with van der Waals surface area (Å²) in [5.41, 5.74) is 6.05. The van der Waals surface area contributed by atoms with E-state index in [1.165, 1.54) is 0 Å². The van der Waals surface area contributed by atoms with Crippen LogP contribution in [0, 0.1) is 5.92 Å². The maximum absolute atomic E-state index is 12.3. The predicted molar refractivity (Wildman–Crippen MR) is 240 cm³/mol. The second-order valence-corrected chi connectivity index (χ2v) is 15.6. The molecule has 62 heavy (non-hydrogen) atoms. The molecule has 6 aromatic carbocycles. The third-order valence-corrected chi connectivity index (χ3v) is 11.7. The van der Waals surface area contributed by atoms with Gasteiger partial charge in [-0.1, -0.05) is 164 Å². The molecule has 0 amide bonds. The molecule has 0 aliphatic heterocycles. The number of aromatic nitrogens is 4. The molecule has 1 saturated carbocycles. The van der Waals surface area contributed by atoms with Crippen molar-refractivity contribution in [2.45, 2.75) is 50.0 Å². The Bertz CT molecular complexity index is 2590. The average molecular weight is 824 g/mol. The highest BCUT2D eigenvalue weighted by Gasteiger charge is 2.45. The summed E-state index contributed by atoms with van der Waals surface area (Å²) in [6.45, 7) is 1.41. The normalized spacial score (nSPS) is 17.5. The molecule has 10 nitrogen and oxygen atoms in total. The number of hydrogen-bond donors (Lipinski definition) is 2. The number of nitrogens with one attached hydrogen (secondary N) is 1. The van der Waals surface area contributed by atoms with Gasteiger partial charge in [0, 0.05) is 5.92 Å². The fourth-order valence-corrected chi connectivity index (χ4v) is 8.52. The summed E-state index contributed by atoms with van der Waals surface area (Å²) in [6, 6.07) is 58.3. The molecule has 312 valence electrons. The molecular weight excluding hydrogens is 775 g/mol. The second-order valence-electron chi connectivity index (χ2n) is 15.6. The van der Waals surface area contributed by atoms with Gasteiger partial charge >= 0.3 is 0 Å². The number of methoxy groups -OCH3 is 1. The van der Waals surface area contributed by atoms with E-state index in [4.69, 9.17) is 33.9 Å². The highest BCUT2D eigenvalue weighted by atomic mass is 16.5. The SMILES string of the molecule is COc1ccc(C(Nc2nc(OCc3ccccc3)c3ncn([C@H]4C[C@H](OCc5ccccc5)[C@H](COCc5ccccc5)C4O)c3n2)(c2ccccc2)c2ccccc2)cc1. The molecule has 1 unspecified atom stereocenters. The molecule has 1 aliphatic rings. The van der Waals surface area contributed by atoms with Crippen molar-refractivity contribution in [3.8, 4) is 11.6 Å². The van der Waals surface area contributed by atoms with E-state index in [0.717, 1.165) is 39.1 Å². The first-order valence-corrected chi connectivity index (χ1v) is 21.0. The molecule has 8 aromatic rings. The van der Waals surface area contributed by atoms with Crippen molar-refractivity contribution >= 4 is 17.1 Å². The van der Waals surface area contributed by atoms with Gasteiger partial charge in [-0.15, -0.1) is 0 Å². The third-order valence-electron chi connectivity index (χ3n) is 11.7. The molecule has 9 rings (SSSR count). The Kier molecular flexibility index (Phi) is 12.3. The molecule has 0 bridgehead atoms. The van der Waals surface area contributed by atoms with Crippen molar-refractivity contribution in [1.82, 2.24) is 19.5 Å². The molecule has 1 fully saturated rings. The number of hydrogen-bond acceptors (Lipinski definition) is 9. The van der Waals surface area contributed by atoms with Crippen molar-refractivity contribution in [3.05, 3.63) is 216 Å². The summed E-state index contributed by atoms with van der Waals surface area (Å²) in [5, 5.41) is 16.1. The third kappa shape index (κ3) is 8.67. The van der Waals surface area contributed by atoms with Crippen LogP contribution in [0.15, 0.2) is 182 Å². The first-order chi connectivity index (χ1) is 30.6. The first-order valence-electron chi connectivity index (χ1n) is 21.0. The van der Waals surface area contributed by atoms with E-state index < -0.39 is 17.7 Å². The van der Waals surface area contributed by atoms with Crippen LogP contribution in [0.3, 0.4) is 0 Å². The zero-order chi connectivity index (χ0) is 42.1. The van der Waals surface area contributed by atoms with Crippen LogP contribution < -0.4 is 14.8 Å². The Morgan fingerprint density at radius 2 is 1.18 bits per heavy atom. The standard InChI is InChI=1S/C52H49N5O5/c1-59-43-29-27-42(28-30-43)52(40-23-13-5-14-24-40,41-25-15-6-16-26-41)56-51-54-49-47(50(55-51)62-34-39-21-11-4-12-22-39)53-36-57(49)45-31-46(61-33-38-19-9-3-10-20-38)44(48(45)58)35-60-32-37-17-7-2-8-18-37/h2-30,36,44-46,48,58H,31-35H2,1H3,(H,54,55,56)/t44-,45-,46-,48?/m0/s1. The first kappa shape index (κ1) is 40.6.